The molecule has 6 rings (SSSR count). The fourth-order valence-corrected chi connectivity index (χ4v) is 5.16. The van der Waals surface area contributed by atoms with Gasteiger partial charge in [0.25, 0.3) is 5.91 Å². The minimum atomic E-state index is -0.540. The van der Waals surface area contributed by atoms with Crippen LogP contribution >= 0.6 is 0 Å². The molecule has 3 amide bonds. The Morgan fingerprint density at radius 3 is 2.34 bits per heavy atom. The van der Waals surface area contributed by atoms with E-state index in [9.17, 15) is 9.59 Å². The molecule has 228 valence electrons. The number of rotatable bonds is 5. The lowest BCUT2D eigenvalue weighted by Crippen LogP contribution is -2.41. The van der Waals surface area contributed by atoms with E-state index in [1.54, 1.807) is 33.4 Å². The lowest BCUT2D eigenvalue weighted by atomic mass is 9.93. The third kappa shape index (κ3) is 6.36. The number of hydrogen-bond acceptors (Lipinski definition) is 8. The molecule has 3 aromatic carbocycles. The summed E-state index contributed by atoms with van der Waals surface area (Å²) in [6, 6.07) is 19.6. The SMILES string of the molecule is CNC(=O)N1N=C(c2ccc(N3CCC3)cc2)c2cc(OC)c(OC)cc2C[C@@H]1C.NC(=O)C1=NNc2ccccc2C=C1. The molecule has 11 nitrogen and oxygen atoms in total. The molecule has 0 radical (unpaired) electrons. The van der Waals surface area contributed by atoms with Crippen molar-refractivity contribution in [2.75, 3.05) is 44.7 Å². The van der Waals surface area contributed by atoms with Gasteiger partial charge in [-0.05, 0) is 67.3 Å². The summed E-state index contributed by atoms with van der Waals surface area (Å²) in [5, 5.41) is 12.9. The van der Waals surface area contributed by atoms with Gasteiger partial charge in [-0.1, -0.05) is 36.4 Å². The van der Waals surface area contributed by atoms with Crippen molar-refractivity contribution in [1.82, 2.24) is 10.3 Å². The Kier molecular flexibility index (Phi) is 9.13. The summed E-state index contributed by atoms with van der Waals surface area (Å²) >= 11 is 0. The van der Waals surface area contributed by atoms with Crippen molar-refractivity contribution in [3.8, 4) is 11.5 Å². The summed E-state index contributed by atoms with van der Waals surface area (Å²) in [5.41, 5.74) is 14.9. The summed E-state index contributed by atoms with van der Waals surface area (Å²) in [6.07, 6.45) is 5.30. The molecule has 3 aromatic rings. The third-order valence-electron chi connectivity index (χ3n) is 7.72. The van der Waals surface area contributed by atoms with Gasteiger partial charge < -0.3 is 25.4 Å². The summed E-state index contributed by atoms with van der Waals surface area (Å²) in [5.74, 6) is 0.771. The minimum Gasteiger partial charge on any atom is -0.493 e. The van der Waals surface area contributed by atoms with Gasteiger partial charge in [-0.3, -0.25) is 10.2 Å². The van der Waals surface area contributed by atoms with Crippen LogP contribution in [0.2, 0.25) is 0 Å². The van der Waals surface area contributed by atoms with Crippen LogP contribution < -0.4 is 30.8 Å². The first kappa shape index (κ1) is 30.1. The largest absolute Gasteiger partial charge is 0.493 e. The van der Waals surface area contributed by atoms with E-state index in [2.05, 4.69) is 45.0 Å². The van der Waals surface area contributed by atoms with Gasteiger partial charge in [0.1, 0.15) is 5.71 Å². The molecule has 44 heavy (non-hydrogen) atoms. The van der Waals surface area contributed by atoms with Crippen molar-refractivity contribution >= 4 is 40.8 Å². The van der Waals surface area contributed by atoms with E-state index in [0.717, 1.165) is 46.7 Å². The number of carbonyl (C=O) groups is 2. The van der Waals surface area contributed by atoms with Crippen molar-refractivity contribution < 1.29 is 19.1 Å². The number of hydrazone groups is 2. The van der Waals surface area contributed by atoms with E-state index < -0.39 is 5.91 Å². The molecule has 0 bridgehead atoms. The first-order chi connectivity index (χ1) is 21.3. The number of nitrogens with one attached hydrogen (secondary N) is 2. The Morgan fingerprint density at radius 2 is 1.70 bits per heavy atom. The number of amides is 3. The van der Waals surface area contributed by atoms with E-state index in [1.165, 1.54) is 17.1 Å². The fourth-order valence-electron chi connectivity index (χ4n) is 5.16. The Balaban J connectivity index is 0.000000229. The second-order valence-electron chi connectivity index (χ2n) is 10.5. The van der Waals surface area contributed by atoms with Crippen molar-refractivity contribution in [3.05, 3.63) is 89.0 Å². The molecule has 4 N–H and O–H groups in total. The van der Waals surface area contributed by atoms with Gasteiger partial charge in [-0.2, -0.15) is 10.2 Å². The molecule has 1 atom stereocenters. The van der Waals surface area contributed by atoms with Crippen molar-refractivity contribution in [2.24, 2.45) is 15.9 Å². The highest BCUT2D eigenvalue weighted by molar-refractivity contribution is 6.43. The van der Waals surface area contributed by atoms with E-state index >= 15 is 0 Å². The van der Waals surface area contributed by atoms with Gasteiger partial charge in [0.2, 0.25) is 0 Å². The maximum Gasteiger partial charge on any atom is 0.337 e. The Labute approximate surface area is 257 Å². The number of ether oxygens (including phenoxy) is 2. The molecule has 0 aromatic heterocycles. The van der Waals surface area contributed by atoms with Crippen LogP contribution in [0.1, 0.15) is 35.6 Å². The van der Waals surface area contributed by atoms with Crippen LogP contribution in [-0.4, -0.2) is 68.8 Å². The van der Waals surface area contributed by atoms with Crippen molar-refractivity contribution in [1.29, 1.82) is 0 Å². The van der Waals surface area contributed by atoms with Gasteiger partial charge in [0.05, 0.1) is 31.7 Å². The Hall–Kier alpha value is -5.32. The quantitative estimate of drug-likeness (QED) is 0.405. The number of carbonyl (C=O) groups excluding carboxylic acids is 2. The van der Waals surface area contributed by atoms with E-state index in [4.69, 9.17) is 20.3 Å². The molecule has 11 heteroatoms. The summed E-state index contributed by atoms with van der Waals surface area (Å²) in [4.78, 5) is 25.8. The molecule has 0 saturated carbocycles. The van der Waals surface area contributed by atoms with Gasteiger partial charge >= 0.3 is 6.03 Å². The van der Waals surface area contributed by atoms with Crippen LogP contribution in [0, 0.1) is 0 Å². The number of anilines is 2. The summed E-state index contributed by atoms with van der Waals surface area (Å²) < 4.78 is 11.1. The number of hydrogen-bond donors (Lipinski definition) is 3. The van der Waals surface area contributed by atoms with Crippen LogP contribution in [-0.2, 0) is 11.2 Å². The van der Waals surface area contributed by atoms with E-state index in [0.29, 0.717) is 17.9 Å². The number of primary amides is 1. The van der Waals surface area contributed by atoms with Crippen LogP contribution in [0.3, 0.4) is 0 Å². The minimum absolute atomic E-state index is 0.111. The third-order valence-corrected chi connectivity index (χ3v) is 7.72. The maximum atomic E-state index is 12.5. The average Bonchev–Trinajstić information content (AvgIpc) is 3.32. The molecular weight excluding hydrogens is 558 g/mol. The molecule has 0 spiro atoms. The number of fused-ring (bicyclic) bond motifs is 2. The Bertz CT molecular complexity index is 1630. The maximum absolute atomic E-state index is 12.5. The Morgan fingerprint density at radius 1 is 1.00 bits per heavy atom. The predicted molar refractivity (Wildman–Crippen MR) is 174 cm³/mol. The van der Waals surface area contributed by atoms with Crippen LogP contribution in [0.4, 0.5) is 16.2 Å². The molecular formula is C33H37N7O4. The average molecular weight is 596 g/mol. The number of nitrogens with zero attached hydrogens (tertiary/aromatic N) is 4. The summed E-state index contributed by atoms with van der Waals surface area (Å²) in [7, 11) is 4.87. The lowest BCUT2D eigenvalue weighted by molar-refractivity contribution is -0.111. The standard InChI is InChI=1S/C23H28N4O3.C10H9N3O/c1-15-12-17-13-20(29-3)21(30-4)14-19(17)22(25-27(15)23(28)24-2)16-6-8-18(9-7-16)26-10-5-11-26;11-10(14)9-6-5-7-3-1-2-4-8(7)12-13-9/h6-9,13-15H,5,10-12H2,1-4H3,(H,24,28);1-6,12H,(H2,11,14)/t15-;/m0./s1. The topological polar surface area (TPSA) is 134 Å². The molecule has 3 aliphatic heterocycles. The molecule has 3 heterocycles. The van der Waals surface area contributed by atoms with E-state index in [-0.39, 0.29) is 17.8 Å². The number of nitrogens with two attached hydrogens (primary N) is 1. The zero-order valence-corrected chi connectivity index (χ0v) is 25.3. The smallest absolute Gasteiger partial charge is 0.337 e. The van der Waals surface area contributed by atoms with Crippen LogP contribution in [0.25, 0.3) is 6.08 Å². The summed E-state index contributed by atoms with van der Waals surface area (Å²) in [6.45, 7) is 4.19. The first-order valence-corrected chi connectivity index (χ1v) is 14.4. The van der Waals surface area contributed by atoms with E-state index in [1.807, 2.05) is 43.3 Å². The highest BCUT2D eigenvalue weighted by atomic mass is 16.5. The number of urea groups is 1. The van der Waals surface area contributed by atoms with Gasteiger partial charge in [-0.15, -0.1) is 0 Å². The zero-order valence-electron chi connectivity index (χ0n) is 25.3. The second-order valence-corrected chi connectivity index (χ2v) is 10.5. The molecule has 0 unspecified atom stereocenters. The van der Waals surface area contributed by atoms with Crippen LogP contribution in [0.5, 0.6) is 11.5 Å². The van der Waals surface area contributed by atoms with Crippen molar-refractivity contribution in [2.45, 2.75) is 25.8 Å². The van der Waals surface area contributed by atoms with Gasteiger partial charge in [0, 0.05) is 37.0 Å². The van der Waals surface area contributed by atoms with Gasteiger partial charge in [-0.25, -0.2) is 9.80 Å². The number of benzene rings is 3. The normalized spacial score (nSPS) is 16.6. The lowest BCUT2D eigenvalue weighted by Gasteiger charge is -2.33. The zero-order chi connectivity index (χ0) is 31.2. The second kappa shape index (κ2) is 13.3. The highest BCUT2D eigenvalue weighted by Gasteiger charge is 2.28. The highest BCUT2D eigenvalue weighted by Crippen LogP contribution is 2.35. The number of para-hydroxylation sites is 1. The molecule has 1 fully saturated rings. The van der Waals surface area contributed by atoms with Gasteiger partial charge in [0.15, 0.2) is 11.5 Å². The molecule has 1 saturated heterocycles. The monoisotopic (exact) mass is 595 g/mol. The number of methoxy groups -OCH3 is 2. The van der Waals surface area contributed by atoms with Crippen LogP contribution in [0.15, 0.2) is 76.9 Å². The fraction of sp³-hybridized carbons (Fsp3) is 0.273. The predicted octanol–water partition coefficient (Wildman–Crippen LogP) is 4.22. The van der Waals surface area contributed by atoms with Crippen molar-refractivity contribution in [3.63, 3.8) is 0 Å². The molecule has 0 aliphatic carbocycles. The first-order valence-electron chi connectivity index (χ1n) is 14.4. The molecule has 3 aliphatic rings.